The van der Waals surface area contributed by atoms with E-state index in [9.17, 15) is 4.79 Å². The van der Waals surface area contributed by atoms with Gasteiger partial charge in [-0.05, 0) is 18.6 Å². The van der Waals surface area contributed by atoms with Crippen LogP contribution in [0.3, 0.4) is 0 Å². The second kappa shape index (κ2) is 6.10. The minimum Gasteiger partial charge on any atom is -0.491 e. The van der Waals surface area contributed by atoms with Crippen LogP contribution in [0.15, 0.2) is 30.5 Å². The van der Waals surface area contributed by atoms with Crippen LogP contribution in [-0.2, 0) is 4.74 Å². The predicted molar refractivity (Wildman–Crippen MR) is 75.1 cm³/mol. The Bertz CT molecular complexity index is 607. The molecule has 0 aliphatic heterocycles. The van der Waals surface area contributed by atoms with Crippen molar-refractivity contribution in [3.05, 3.63) is 36.0 Å². The molecule has 1 aromatic carbocycles. The lowest BCUT2D eigenvalue weighted by atomic mass is 10.3. The molecule has 0 atom stereocenters. The number of rotatable bonds is 5. The Balaban J connectivity index is 2.42. The van der Waals surface area contributed by atoms with Crippen molar-refractivity contribution in [2.24, 2.45) is 0 Å². The Morgan fingerprint density at radius 3 is 2.85 bits per heavy atom. The van der Waals surface area contributed by atoms with Gasteiger partial charge in [0.05, 0.1) is 19.9 Å². The van der Waals surface area contributed by atoms with Gasteiger partial charge in [0, 0.05) is 0 Å². The van der Waals surface area contributed by atoms with Gasteiger partial charge in [-0.1, -0.05) is 19.1 Å². The third kappa shape index (κ3) is 2.59. The van der Waals surface area contributed by atoms with Crippen LogP contribution in [0.2, 0.25) is 0 Å². The van der Waals surface area contributed by atoms with Crippen molar-refractivity contribution in [3.63, 3.8) is 0 Å². The van der Waals surface area contributed by atoms with Crippen molar-refractivity contribution in [1.82, 2.24) is 9.78 Å². The van der Waals surface area contributed by atoms with Gasteiger partial charge < -0.3 is 15.2 Å². The van der Waals surface area contributed by atoms with E-state index in [2.05, 4.69) is 9.84 Å². The van der Waals surface area contributed by atoms with Gasteiger partial charge in [0.15, 0.2) is 0 Å². The van der Waals surface area contributed by atoms with E-state index >= 15 is 0 Å². The SMILES string of the molecule is CCCOc1ccccc1-n1ncc(C(=O)OC)c1N. The fourth-order valence-electron chi connectivity index (χ4n) is 1.78. The molecule has 0 aliphatic carbocycles. The molecule has 0 fully saturated rings. The Morgan fingerprint density at radius 1 is 1.40 bits per heavy atom. The third-order valence-corrected chi connectivity index (χ3v) is 2.77. The number of anilines is 1. The van der Waals surface area contributed by atoms with Gasteiger partial charge in [0.1, 0.15) is 22.8 Å². The molecule has 0 aliphatic rings. The quantitative estimate of drug-likeness (QED) is 0.844. The molecule has 0 saturated heterocycles. The number of nitrogens with two attached hydrogens (primary N) is 1. The topological polar surface area (TPSA) is 79.4 Å². The molecule has 6 heteroatoms. The molecule has 0 spiro atoms. The highest BCUT2D eigenvalue weighted by atomic mass is 16.5. The molecule has 0 bridgehead atoms. The van der Waals surface area contributed by atoms with E-state index in [0.29, 0.717) is 18.0 Å². The summed E-state index contributed by atoms with van der Waals surface area (Å²) in [6, 6.07) is 7.39. The molecule has 0 unspecified atom stereocenters. The molecular weight excluding hydrogens is 258 g/mol. The standard InChI is InChI=1S/C14H17N3O3/c1-3-8-20-12-7-5-4-6-11(12)17-13(15)10(9-16-17)14(18)19-2/h4-7,9H,3,8,15H2,1-2H3. The van der Waals surface area contributed by atoms with Crippen LogP contribution in [0.4, 0.5) is 5.82 Å². The first-order valence-corrected chi connectivity index (χ1v) is 6.33. The second-order valence-corrected chi connectivity index (χ2v) is 4.16. The van der Waals surface area contributed by atoms with Crippen molar-refractivity contribution >= 4 is 11.8 Å². The number of methoxy groups -OCH3 is 1. The Morgan fingerprint density at radius 2 is 2.15 bits per heavy atom. The second-order valence-electron chi connectivity index (χ2n) is 4.16. The highest BCUT2D eigenvalue weighted by molar-refractivity contribution is 5.94. The lowest BCUT2D eigenvalue weighted by Gasteiger charge is -2.11. The summed E-state index contributed by atoms with van der Waals surface area (Å²) in [6.45, 7) is 2.63. The van der Waals surface area contributed by atoms with Crippen LogP contribution < -0.4 is 10.5 Å². The van der Waals surface area contributed by atoms with Crippen molar-refractivity contribution < 1.29 is 14.3 Å². The van der Waals surface area contributed by atoms with Crippen molar-refractivity contribution in [3.8, 4) is 11.4 Å². The van der Waals surface area contributed by atoms with E-state index in [0.717, 1.165) is 6.42 Å². The third-order valence-electron chi connectivity index (χ3n) is 2.77. The van der Waals surface area contributed by atoms with E-state index in [4.69, 9.17) is 10.5 Å². The first-order chi connectivity index (χ1) is 9.69. The molecule has 6 nitrogen and oxygen atoms in total. The van der Waals surface area contributed by atoms with Gasteiger partial charge in [0.2, 0.25) is 0 Å². The Labute approximate surface area is 117 Å². The monoisotopic (exact) mass is 275 g/mol. The molecule has 1 aromatic heterocycles. The summed E-state index contributed by atoms with van der Waals surface area (Å²) in [6.07, 6.45) is 2.29. The predicted octanol–water partition coefficient (Wildman–Crippen LogP) is 2.03. The fourth-order valence-corrected chi connectivity index (χ4v) is 1.78. The highest BCUT2D eigenvalue weighted by Gasteiger charge is 2.18. The first kappa shape index (κ1) is 13.9. The normalized spacial score (nSPS) is 10.3. The van der Waals surface area contributed by atoms with E-state index < -0.39 is 5.97 Å². The van der Waals surface area contributed by atoms with Crippen LogP contribution in [0.1, 0.15) is 23.7 Å². The van der Waals surface area contributed by atoms with Crippen LogP contribution in [-0.4, -0.2) is 29.5 Å². The van der Waals surface area contributed by atoms with Gasteiger partial charge in [-0.3, -0.25) is 0 Å². The Hall–Kier alpha value is -2.50. The van der Waals surface area contributed by atoms with E-state index in [1.807, 2.05) is 31.2 Å². The summed E-state index contributed by atoms with van der Waals surface area (Å²) in [7, 11) is 1.30. The minimum atomic E-state index is -0.513. The number of carbonyl (C=O) groups excluding carboxylic acids is 1. The van der Waals surface area contributed by atoms with Gasteiger partial charge in [-0.15, -0.1) is 0 Å². The average Bonchev–Trinajstić information content (AvgIpc) is 2.86. The molecule has 0 amide bonds. The molecule has 2 rings (SSSR count). The maximum absolute atomic E-state index is 11.5. The molecular formula is C14H17N3O3. The zero-order valence-corrected chi connectivity index (χ0v) is 11.5. The summed E-state index contributed by atoms with van der Waals surface area (Å²) < 4.78 is 11.8. The van der Waals surface area contributed by atoms with Gasteiger partial charge in [0.25, 0.3) is 0 Å². The summed E-state index contributed by atoms with van der Waals surface area (Å²) in [5.41, 5.74) is 6.88. The van der Waals surface area contributed by atoms with Gasteiger partial charge in [-0.2, -0.15) is 5.10 Å². The maximum atomic E-state index is 11.5. The lowest BCUT2D eigenvalue weighted by molar-refractivity contribution is 0.0602. The first-order valence-electron chi connectivity index (χ1n) is 6.33. The van der Waals surface area contributed by atoms with Gasteiger partial charge in [-0.25, -0.2) is 9.48 Å². The number of nitrogen functional groups attached to an aromatic ring is 1. The molecule has 0 saturated carbocycles. The number of nitrogens with zero attached hydrogens (tertiary/aromatic N) is 2. The average molecular weight is 275 g/mol. The molecule has 106 valence electrons. The minimum absolute atomic E-state index is 0.226. The number of esters is 1. The number of aromatic nitrogens is 2. The molecule has 0 radical (unpaired) electrons. The van der Waals surface area contributed by atoms with E-state index in [1.54, 1.807) is 0 Å². The zero-order chi connectivity index (χ0) is 14.5. The molecule has 20 heavy (non-hydrogen) atoms. The number of para-hydroxylation sites is 2. The fraction of sp³-hybridized carbons (Fsp3) is 0.286. The van der Waals surface area contributed by atoms with E-state index in [1.165, 1.54) is 18.0 Å². The molecule has 2 N–H and O–H groups in total. The lowest BCUT2D eigenvalue weighted by Crippen LogP contribution is -2.08. The van der Waals surface area contributed by atoms with E-state index in [-0.39, 0.29) is 11.4 Å². The number of hydrogen-bond donors (Lipinski definition) is 1. The number of carbonyl (C=O) groups is 1. The summed E-state index contributed by atoms with van der Waals surface area (Å²) in [4.78, 5) is 11.5. The summed E-state index contributed by atoms with van der Waals surface area (Å²) in [5.74, 6) is 0.380. The van der Waals surface area contributed by atoms with Crippen LogP contribution in [0.5, 0.6) is 5.75 Å². The Kier molecular flexibility index (Phi) is 4.24. The maximum Gasteiger partial charge on any atom is 0.343 e. The largest absolute Gasteiger partial charge is 0.491 e. The smallest absolute Gasteiger partial charge is 0.343 e. The van der Waals surface area contributed by atoms with Gasteiger partial charge >= 0.3 is 5.97 Å². The highest BCUT2D eigenvalue weighted by Crippen LogP contribution is 2.26. The zero-order valence-electron chi connectivity index (χ0n) is 11.5. The van der Waals surface area contributed by atoms with Crippen molar-refractivity contribution in [2.45, 2.75) is 13.3 Å². The number of hydrogen-bond acceptors (Lipinski definition) is 5. The molecule has 2 aromatic rings. The number of ether oxygens (including phenoxy) is 2. The van der Waals surface area contributed by atoms with Crippen molar-refractivity contribution in [2.75, 3.05) is 19.5 Å². The summed E-state index contributed by atoms with van der Waals surface area (Å²) >= 11 is 0. The van der Waals surface area contributed by atoms with Crippen LogP contribution >= 0.6 is 0 Å². The van der Waals surface area contributed by atoms with Crippen LogP contribution in [0.25, 0.3) is 5.69 Å². The molecule has 1 heterocycles. The van der Waals surface area contributed by atoms with Crippen molar-refractivity contribution in [1.29, 1.82) is 0 Å². The summed E-state index contributed by atoms with van der Waals surface area (Å²) in [5, 5.41) is 4.13. The van der Waals surface area contributed by atoms with Crippen LogP contribution in [0, 0.1) is 0 Å². The number of benzene rings is 1.